The van der Waals surface area contributed by atoms with Gasteiger partial charge >= 0.3 is 0 Å². The third kappa shape index (κ3) is 2.86. The number of nitrogens with zero attached hydrogens (tertiary/aromatic N) is 4. The zero-order chi connectivity index (χ0) is 14.5. The van der Waals surface area contributed by atoms with E-state index in [4.69, 9.17) is 5.26 Å². The fourth-order valence-corrected chi connectivity index (χ4v) is 2.24. The molecule has 1 atom stereocenters. The van der Waals surface area contributed by atoms with Gasteiger partial charge in [0.25, 0.3) is 0 Å². The molecule has 1 unspecified atom stereocenters. The lowest BCUT2D eigenvalue weighted by Crippen LogP contribution is -2.19. The molecule has 5 nitrogen and oxygen atoms in total. The third-order valence-corrected chi connectivity index (χ3v) is 3.31. The van der Waals surface area contributed by atoms with Gasteiger partial charge in [0.05, 0.1) is 29.9 Å². The number of rotatable bonds is 5. The van der Waals surface area contributed by atoms with Gasteiger partial charge in [-0.2, -0.15) is 5.26 Å². The molecule has 2 rings (SSSR count). The van der Waals surface area contributed by atoms with Crippen molar-refractivity contribution in [2.45, 2.75) is 33.2 Å². The summed E-state index contributed by atoms with van der Waals surface area (Å²) in [4.78, 5) is 0. The maximum atomic E-state index is 8.68. The van der Waals surface area contributed by atoms with Crippen LogP contribution in [0.2, 0.25) is 0 Å². The second-order valence-corrected chi connectivity index (χ2v) is 4.75. The van der Waals surface area contributed by atoms with Crippen molar-refractivity contribution in [3.63, 3.8) is 0 Å². The summed E-state index contributed by atoms with van der Waals surface area (Å²) in [5.74, 6) is 0. The van der Waals surface area contributed by atoms with Gasteiger partial charge in [0, 0.05) is 0 Å². The molecule has 0 amide bonds. The van der Waals surface area contributed by atoms with Crippen LogP contribution in [0.1, 0.15) is 36.8 Å². The minimum absolute atomic E-state index is 0.187. The molecule has 0 saturated heterocycles. The average Bonchev–Trinajstić information content (AvgIpc) is 2.82. The first-order chi connectivity index (χ1) is 9.67. The smallest absolute Gasteiger partial charge is 0.103 e. The van der Waals surface area contributed by atoms with Gasteiger partial charge in [0.1, 0.15) is 5.69 Å². The predicted octanol–water partition coefficient (Wildman–Crippen LogP) is 2.31. The van der Waals surface area contributed by atoms with Crippen molar-refractivity contribution in [1.29, 1.82) is 5.26 Å². The first-order valence-electron chi connectivity index (χ1n) is 6.79. The maximum absolute atomic E-state index is 8.68. The van der Waals surface area contributed by atoms with Crippen molar-refractivity contribution in [2.24, 2.45) is 0 Å². The van der Waals surface area contributed by atoms with Crippen molar-refractivity contribution >= 4 is 0 Å². The summed E-state index contributed by atoms with van der Waals surface area (Å²) < 4.78 is 1.83. The van der Waals surface area contributed by atoms with Crippen LogP contribution in [0, 0.1) is 18.3 Å². The minimum Gasteiger partial charge on any atom is -0.309 e. The van der Waals surface area contributed by atoms with Crippen molar-refractivity contribution in [3.8, 4) is 11.8 Å². The molecule has 1 aromatic heterocycles. The van der Waals surface area contributed by atoms with E-state index in [1.807, 2.05) is 35.9 Å². The van der Waals surface area contributed by atoms with Gasteiger partial charge in [-0.15, -0.1) is 5.10 Å². The van der Waals surface area contributed by atoms with Gasteiger partial charge in [-0.3, -0.25) is 0 Å². The molecule has 1 N–H and O–H groups in total. The summed E-state index contributed by atoms with van der Waals surface area (Å²) in [6, 6.07) is 10.2. The van der Waals surface area contributed by atoms with Gasteiger partial charge in [0.15, 0.2) is 0 Å². The topological polar surface area (TPSA) is 66.5 Å². The monoisotopic (exact) mass is 269 g/mol. The molecule has 0 fully saturated rings. The Morgan fingerprint density at radius 2 is 2.05 bits per heavy atom. The highest BCUT2D eigenvalue weighted by atomic mass is 15.4. The maximum Gasteiger partial charge on any atom is 0.103 e. The van der Waals surface area contributed by atoms with E-state index in [-0.39, 0.29) is 6.04 Å². The van der Waals surface area contributed by atoms with Crippen LogP contribution in [0.15, 0.2) is 24.3 Å². The molecular formula is C15H19N5. The van der Waals surface area contributed by atoms with Crippen LogP contribution >= 0.6 is 0 Å². The van der Waals surface area contributed by atoms with Crippen LogP contribution in [-0.4, -0.2) is 21.5 Å². The molecular weight excluding hydrogens is 250 g/mol. The number of hydrogen-bond acceptors (Lipinski definition) is 4. The molecule has 0 spiro atoms. The lowest BCUT2D eigenvalue weighted by molar-refractivity contribution is 0.579. The van der Waals surface area contributed by atoms with Crippen LogP contribution in [0.5, 0.6) is 0 Å². The van der Waals surface area contributed by atoms with Crippen molar-refractivity contribution in [3.05, 3.63) is 41.2 Å². The molecule has 5 heteroatoms. The normalized spacial score (nSPS) is 12.1. The van der Waals surface area contributed by atoms with E-state index in [1.54, 1.807) is 0 Å². The van der Waals surface area contributed by atoms with E-state index >= 15 is 0 Å². The largest absolute Gasteiger partial charge is 0.309 e. The third-order valence-electron chi connectivity index (χ3n) is 3.31. The first-order valence-corrected chi connectivity index (χ1v) is 6.79. The second kappa shape index (κ2) is 6.31. The Kier molecular flexibility index (Phi) is 4.49. The number of nitriles is 1. The van der Waals surface area contributed by atoms with Crippen LogP contribution < -0.4 is 5.32 Å². The molecule has 0 saturated carbocycles. The van der Waals surface area contributed by atoms with Crippen molar-refractivity contribution in [2.75, 3.05) is 6.54 Å². The average molecular weight is 269 g/mol. The van der Waals surface area contributed by atoms with E-state index in [0.29, 0.717) is 6.42 Å². The van der Waals surface area contributed by atoms with Crippen molar-refractivity contribution < 1.29 is 0 Å². The predicted molar refractivity (Wildman–Crippen MR) is 77.5 cm³/mol. The minimum atomic E-state index is 0.187. The van der Waals surface area contributed by atoms with E-state index in [0.717, 1.165) is 29.2 Å². The molecule has 1 aromatic carbocycles. The molecule has 20 heavy (non-hydrogen) atoms. The number of hydrogen-bond donors (Lipinski definition) is 1. The fourth-order valence-electron chi connectivity index (χ4n) is 2.24. The molecule has 0 radical (unpaired) electrons. The Balaban J connectivity index is 2.27. The zero-order valence-electron chi connectivity index (χ0n) is 12.1. The van der Waals surface area contributed by atoms with E-state index in [1.165, 1.54) is 0 Å². The Bertz CT molecular complexity index is 606. The molecule has 104 valence electrons. The Morgan fingerprint density at radius 3 is 2.65 bits per heavy atom. The van der Waals surface area contributed by atoms with Gasteiger partial charge in [-0.05, 0) is 38.1 Å². The SMILES string of the molecule is CCNC(C)c1nnn(-c2ccc(CC#N)cc2)c1C. The molecule has 0 aliphatic heterocycles. The van der Waals surface area contributed by atoms with E-state index in [9.17, 15) is 0 Å². The number of nitrogens with one attached hydrogen (secondary N) is 1. The Morgan fingerprint density at radius 1 is 1.35 bits per heavy atom. The van der Waals surface area contributed by atoms with Gasteiger partial charge in [0.2, 0.25) is 0 Å². The van der Waals surface area contributed by atoms with Gasteiger partial charge < -0.3 is 5.32 Å². The second-order valence-electron chi connectivity index (χ2n) is 4.75. The molecule has 0 bridgehead atoms. The fraction of sp³-hybridized carbons (Fsp3) is 0.400. The molecule has 0 aliphatic rings. The van der Waals surface area contributed by atoms with Crippen LogP contribution in [-0.2, 0) is 6.42 Å². The van der Waals surface area contributed by atoms with Crippen molar-refractivity contribution in [1.82, 2.24) is 20.3 Å². The zero-order valence-corrected chi connectivity index (χ0v) is 12.1. The Labute approximate surface area is 119 Å². The highest BCUT2D eigenvalue weighted by Crippen LogP contribution is 2.18. The lowest BCUT2D eigenvalue weighted by Gasteiger charge is -2.10. The summed E-state index contributed by atoms with van der Waals surface area (Å²) in [6.07, 6.45) is 0.430. The van der Waals surface area contributed by atoms with Gasteiger partial charge in [-0.25, -0.2) is 4.68 Å². The first kappa shape index (κ1) is 14.2. The molecule has 1 heterocycles. The quantitative estimate of drug-likeness (QED) is 0.904. The summed E-state index contributed by atoms with van der Waals surface area (Å²) in [6.45, 7) is 7.08. The summed E-state index contributed by atoms with van der Waals surface area (Å²) in [5.41, 5.74) is 3.97. The van der Waals surface area contributed by atoms with Crippen LogP contribution in [0.4, 0.5) is 0 Å². The number of benzene rings is 1. The molecule has 2 aromatic rings. The van der Waals surface area contributed by atoms with Gasteiger partial charge in [-0.1, -0.05) is 24.3 Å². The van der Waals surface area contributed by atoms with E-state index in [2.05, 4.69) is 35.5 Å². The lowest BCUT2D eigenvalue weighted by atomic mass is 10.1. The standard InChI is InChI=1S/C15H19N5/c1-4-17-11(2)15-12(3)20(19-18-15)14-7-5-13(6-8-14)9-10-16/h5-8,11,17H,4,9H2,1-3H3. The summed E-state index contributed by atoms with van der Waals surface area (Å²) >= 11 is 0. The number of aromatic nitrogens is 3. The van der Waals surface area contributed by atoms with E-state index < -0.39 is 0 Å². The van der Waals surface area contributed by atoms with Crippen LogP contribution in [0.25, 0.3) is 5.69 Å². The Hall–Kier alpha value is -2.19. The highest BCUT2D eigenvalue weighted by Gasteiger charge is 2.15. The highest BCUT2D eigenvalue weighted by molar-refractivity contribution is 5.36. The summed E-state index contributed by atoms with van der Waals surface area (Å²) in [5, 5.41) is 20.5. The summed E-state index contributed by atoms with van der Waals surface area (Å²) in [7, 11) is 0. The molecule has 0 aliphatic carbocycles. The van der Waals surface area contributed by atoms with Crippen LogP contribution in [0.3, 0.4) is 0 Å².